The van der Waals surface area contributed by atoms with Gasteiger partial charge in [0.25, 0.3) is 5.91 Å². The fourth-order valence-corrected chi connectivity index (χ4v) is 3.27. The highest BCUT2D eigenvalue weighted by atomic mass is 35.5. The van der Waals surface area contributed by atoms with E-state index in [4.69, 9.17) is 11.6 Å². The van der Waals surface area contributed by atoms with Crippen molar-refractivity contribution in [2.24, 2.45) is 5.92 Å². The van der Waals surface area contributed by atoms with Gasteiger partial charge in [0.1, 0.15) is 5.82 Å². The lowest BCUT2D eigenvalue weighted by Gasteiger charge is -2.34. The molecule has 1 aliphatic rings. The van der Waals surface area contributed by atoms with Crippen molar-refractivity contribution in [3.63, 3.8) is 0 Å². The van der Waals surface area contributed by atoms with E-state index in [2.05, 4.69) is 18.7 Å². The molecule has 1 heterocycles. The van der Waals surface area contributed by atoms with Gasteiger partial charge >= 0.3 is 0 Å². The lowest BCUT2D eigenvalue weighted by Crippen LogP contribution is -2.47. The summed E-state index contributed by atoms with van der Waals surface area (Å²) >= 11 is 6.01. The van der Waals surface area contributed by atoms with E-state index in [1.807, 2.05) is 0 Å². The largest absolute Gasteiger partial charge is 0.392 e. The van der Waals surface area contributed by atoms with Crippen molar-refractivity contribution in [1.82, 2.24) is 9.80 Å². The first-order valence-electron chi connectivity index (χ1n) is 7.92. The van der Waals surface area contributed by atoms with Gasteiger partial charge in [-0.3, -0.25) is 9.69 Å². The number of carbonyl (C=O) groups is 1. The summed E-state index contributed by atoms with van der Waals surface area (Å²) in [5.41, 5.74) is 0.308. The fourth-order valence-electron chi connectivity index (χ4n) is 3.03. The molecule has 1 amide bonds. The molecule has 0 radical (unpaired) electrons. The SMILES string of the molecule is CC(C)[C@@H](CN1CC[C@H](O)C1)N(C)C(=O)c1ccc(F)cc1Cl. The Morgan fingerprint density at radius 1 is 1.52 bits per heavy atom. The standard InChI is InChI=1S/C17H24ClFN2O2/c1-11(2)16(10-21-7-6-13(22)9-21)20(3)17(23)14-5-4-12(19)8-15(14)18/h4-5,8,11,13,16,22H,6-7,9-10H2,1-3H3/t13-,16+/m0/s1. The molecule has 0 saturated carbocycles. The maximum atomic E-state index is 13.2. The van der Waals surface area contributed by atoms with Crippen LogP contribution in [0.1, 0.15) is 30.6 Å². The van der Waals surface area contributed by atoms with E-state index in [-0.39, 0.29) is 29.0 Å². The molecule has 1 aromatic carbocycles. The maximum Gasteiger partial charge on any atom is 0.255 e. The monoisotopic (exact) mass is 342 g/mol. The van der Waals surface area contributed by atoms with Gasteiger partial charge < -0.3 is 10.0 Å². The molecule has 1 saturated heterocycles. The number of β-amino-alcohol motifs (C(OH)–C–C–N with tert-alkyl or cyclic N) is 1. The van der Waals surface area contributed by atoms with Crippen LogP contribution in [0.15, 0.2) is 18.2 Å². The third-order valence-corrected chi connectivity index (χ3v) is 4.75. The summed E-state index contributed by atoms with van der Waals surface area (Å²) in [6.45, 7) is 6.31. The van der Waals surface area contributed by atoms with Crippen LogP contribution in [-0.4, -0.2) is 59.6 Å². The highest BCUT2D eigenvalue weighted by Gasteiger charge is 2.29. The summed E-state index contributed by atoms with van der Waals surface area (Å²) in [7, 11) is 1.75. The Hall–Kier alpha value is -1.17. The van der Waals surface area contributed by atoms with Crippen LogP contribution in [0.25, 0.3) is 0 Å². The van der Waals surface area contributed by atoms with Gasteiger partial charge in [0.05, 0.1) is 16.7 Å². The molecule has 0 spiro atoms. The number of hydrogen-bond acceptors (Lipinski definition) is 3. The quantitative estimate of drug-likeness (QED) is 0.894. The molecule has 1 aliphatic heterocycles. The number of benzene rings is 1. The van der Waals surface area contributed by atoms with Crippen LogP contribution >= 0.6 is 11.6 Å². The molecule has 1 fully saturated rings. The van der Waals surface area contributed by atoms with Crippen LogP contribution in [0.2, 0.25) is 5.02 Å². The molecule has 2 atom stereocenters. The Balaban J connectivity index is 2.13. The van der Waals surface area contributed by atoms with Crippen LogP contribution in [-0.2, 0) is 0 Å². The van der Waals surface area contributed by atoms with E-state index in [1.165, 1.54) is 12.1 Å². The summed E-state index contributed by atoms with van der Waals surface area (Å²) < 4.78 is 13.2. The Morgan fingerprint density at radius 3 is 2.74 bits per heavy atom. The van der Waals surface area contributed by atoms with Crippen LogP contribution in [0, 0.1) is 11.7 Å². The van der Waals surface area contributed by atoms with Gasteiger partial charge in [-0.2, -0.15) is 0 Å². The zero-order chi connectivity index (χ0) is 17.1. The first-order valence-corrected chi connectivity index (χ1v) is 8.30. The van der Waals surface area contributed by atoms with Crippen molar-refractivity contribution in [3.05, 3.63) is 34.6 Å². The van der Waals surface area contributed by atoms with E-state index in [0.29, 0.717) is 18.7 Å². The molecule has 0 bridgehead atoms. The van der Waals surface area contributed by atoms with E-state index < -0.39 is 5.82 Å². The Kier molecular flexibility index (Phi) is 6.00. The number of aliphatic hydroxyl groups is 1. The molecule has 0 aromatic heterocycles. The lowest BCUT2D eigenvalue weighted by atomic mass is 10.0. The second-order valence-electron chi connectivity index (χ2n) is 6.55. The average molecular weight is 343 g/mol. The fraction of sp³-hybridized carbons (Fsp3) is 0.588. The van der Waals surface area contributed by atoms with E-state index in [9.17, 15) is 14.3 Å². The smallest absolute Gasteiger partial charge is 0.255 e. The highest BCUT2D eigenvalue weighted by Crippen LogP contribution is 2.22. The van der Waals surface area contributed by atoms with Gasteiger partial charge in [-0.1, -0.05) is 25.4 Å². The number of hydrogen-bond donors (Lipinski definition) is 1. The van der Waals surface area contributed by atoms with Crippen molar-refractivity contribution < 1.29 is 14.3 Å². The third-order valence-electron chi connectivity index (χ3n) is 4.44. The van der Waals surface area contributed by atoms with Crippen LogP contribution in [0.3, 0.4) is 0 Å². The minimum atomic E-state index is -0.458. The second kappa shape index (κ2) is 7.60. The first-order chi connectivity index (χ1) is 10.8. The molecule has 128 valence electrons. The molecule has 0 unspecified atom stereocenters. The number of aliphatic hydroxyl groups excluding tert-OH is 1. The molecule has 2 rings (SSSR count). The number of rotatable bonds is 5. The van der Waals surface area contributed by atoms with Gasteiger partial charge in [-0.25, -0.2) is 4.39 Å². The molecular weight excluding hydrogens is 319 g/mol. The minimum absolute atomic E-state index is 0.00563. The summed E-state index contributed by atoms with van der Waals surface area (Å²) in [5, 5.41) is 9.79. The Bertz CT molecular complexity index is 568. The van der Waals surface area contributed by atoms with Crippen LogP contribution in [0.5, 0.6) is 0 Å². The Labute approximate surface area is 141 Å². The molecular formula is C17H24ClFN2O2. The topological polar surface area (TPSA) is 43.8 Å². The number of amides is 1. The van der Waals surface area contributed by atoms with Gasteiger partial charge in [0, 0.05) is 32.7 Å². The number of carbonyl (C=O) groups excluding carboxylic acids is 1. The van der Waals surface area contributed by atoms with E-state index in [1.54, 1.807) is 11.9 Å². The number of nitrogens with zero attached hydrogens (tertiary/aromatic N) is 2. The molecule has 1 N–H and O–H groups in total. The van der Waals surface area contributed by atoms with Crippen molar-refractivity contribution in [2.75, 3.05) is 26.7 Å². The highest BCUT2D eigenvalue weighted by molar-refractivity contribution is 6.33. The van der Waals surface area contributed by atoms with Gasteiger partial charge in [0.15, 0.2) is 0 Å². The summed E-state index contributed by atoms with van der Waals surface area (Å²) in [6, 6.07) is 3.82. The lowest BCUT2D eigenvalue weighted by molar-refractivity contribution is 0.0633. The maximum absolute atomic E-state index is 13.2. The van der Waals surface area contributed by atoms with Crippen molar-refractivity contribution >= 4 is 17.5 Å². The van der Waals surface area contributed by atoms with Crippen LogP contribution in [0.4, 0.5) is 4.39 Å². The molecule has 4 nitrogen and oxygen atoms in total. The van der Waals surface area contributed by atoms with Gasteiger partial charge in [-0.15, -0.1) is 0 Å². The minimum Gasteiger partial charge on any atom is -0.392 e. The van der Waals surface area contributed by atoms with Gasteiger partial charge in [0.2, 0.25) is 0 Å². The zero-order valence-electron chi connectivity index (χ0n) is 13.8. The van der Waals surface area contributed by atoms with Crippen molar-refractivity contribution in [3.8, 4) is 0 Å². The Morgan fingerprint density at radius 2 is 2.22 bits per heavy atom. The summed E-state index contributed by atoms with van der Waals surface area (Å²) in [4.78, 5) is 16.6. The summed E-state index contributed by atoms with van der Waals surface area (Å²) in [6.07, 6.45) is 0.488. The zero-order valence-corrected chi connectivity index (χ0v) is 14.6. The van der Waals surface area contributed by atoms with Gasteiger partial charge in [-0.05, 0) is 30.5 Å². The van der Waals surface area contributed by atoms with Crippen molar-refractivity contribution in [1.29, 1.82) is 0 Å². The molecule has 23 heavy (non-hydrogen) atoms. The molecule has 6 heteroatoms. The van der Waals surface area contributed by atoms with E-state index in [0.717, 1.165) is 19.0 Å². The first kappa shape index (κ1) is 18.2. The van der Waals surface area contributed by atoms with Crippen molar-refractivity contribution in [2.45, 2.75) is 32.4 Å². The number of halogens is 2. The molecule has 0 aliphatic carbocycles. The normalized spacial score (nSPS) is 20.0. The predicted octanol–water partition coefficient (Wildman–Crippen LogP) is 2.64. The average Bonchev–Trinajstić information content (AvgIpc) is 2.88. The predicted molar refractivity (Wildman–Crippen MR) is 89.2 cm³/mol. The number of likely N-dealkylation sites (N-methyl/N-ethyl adjacent to an activating group) is 1. The summed E-state index contributed by atoms with van der Waals surface area (Å²) in [5.74, 6) is -0.421. The van der Waals surface area contributed by atoms with Crippen LogP contribution < -0.4 is 0 Å². The van der Waals surface area contributed by atoms with E-state index >= 15 is 0 Å². The molecule has 1 aromatic rings. The second-order valence-corrected chi connectivity index (χ2v) is 6.96. The third kappa shape index (κ3) is 4.43. The number of likely N-dealkylation sites (tertiary alicyclic amines) is 1.